The van der Waals surface area contributed by atoms with E-state index >= 15 is 0 Å². The average Bonchev–Trinajstić information content (AvgIpc) is 2.77. The molecule has 0 radical (unpaired) electrons. The third-order valence-electron chi connectivity index (χ3n) is 5.70. The first-order valence-electron chi connectivity index (χ1n) is 10.2. The topological polar surface area (TPSA) is 50.6 Å². The largest absolute Gasteiger partial charge is 0.373 e. The Hall–Kier alpha value is -3.26. The average molecular weight is 386 g/mol. The molecule has 1 amide bonds. The number of rotatable bonds is 3. The van der Waals surface area contributed by atoms with Crippen molar-refractivity contribution in [3.8, 4) is 6.07 Å². The van der Waals surface area contributed by atoms with Crippen molar-refractivity contribution in [1.29, 1.82) is 5.26 Å². The summed E-state index contributed by atoms with van der Waals surface area (Å²) in [5.74, 6) is -0.194. The molecule has 0 spiro atoms. The Morgan fingerprint density at radius 1 is 1.03 bits per heavy atom. The molecule has 2 aliphatic heterocycles. The van der Waals surface area contributed by atoms with Crippen LogP contribution in [0.2, 0.25) is 0 Å². The van der Waals surface area contributed by atoms with Crippen molar-refractivity contribution in [2.75, 3.05) is 42.5 Å². The van der Waals surface area contributed by atoms with Crippen LogP contribution in [0.4, 0.5) is 11.4 Å². The van der Waals surface area contributed by atoms with Crippen LogP contribution in [0.15, 0.2) is 60.3 Å². The highest BCUT2D eigenvalue weighted by molar-refractivity contribution is 6.08. The third-order valence-corrected chi connectivity index (χ3v) is 5.70. The predicted octanol–water partition coefficient (Wildman–Crippen LogP) is 3.50. The summed E-state index contributed by atoms with van der Waals surface area (Å²) in [6, 6.07) is 18.7. The van der Waals surface area contributed by atoms with Crippen LogP contribution >= 0.6 is 0 Å². The molecule has 2 heterocycles. The molecule has 0 bridgehead atoms. The van der Waals surface area contributed by atoms with Crippen molar-refractivity contribution in [2.45, 2.75) is 19.8 Å². The number of benzene rings is 2. The van der Waals surface area contributed by atoms with Crippen molar-refractivity contribution < 1.29 is 4.79 Å². The number of nitriles is 1. The maximum absolute atomic E-state index is 13.1. The van der Waals surface area contributed by atoms with Crippen molar-refractivity contribution in [1.82, 2.24) is 4.90 Å². The summed E-state index contributed by atoms with van der Waals surface area (Å²) in [6.07, 6.45) is 3.66. The van der Waals surface area contributed by atoms with Crippen LogP contribution in [0.3, 0.4) is 0 Å². The lowest BCUT2D eigenvalue weighted by molar-refractivity contribution is -0.114. The second-order valence-corrected chi connectivity index (χ2v) is 7.71. The molecule has 1 fully saturated rings. The molecule has 0 unspecified atom stereocenters. The summed E-state index contributed by atoms with van der Waals surface area (Å²) in [6.45, 7) is 6.10. The van der Waals surface area contributed by atoms with Gasteiger partial charge in [0.05, 0.1) is 0 Å². The summed E-state index contributed by atoms with van der Waals surface area (Å²) in [5.41, 5.74) is 4.81. The van der Waals surface area contributed by atoms with Gasteiger partial charge in [-0.3, -0.25) is 4.79 Å². The van der Waals surface area contributed by atoms with E-state index in [9.17, 15) is 10.1 Å². The zero-order chi connectivity index (χ0) is 20.2. The number of aryl methyl sites for hydroxylation is 2. The molecule has 2 aliphatic rings. The maximum Gasteiger partial charge on any atom is 0.270 e. The summed E-state index contributed by atoms with van der Waals surface area (Å²) in [7, 11) is 0. The molecule has 0 saturated carbocycles. The van der Waals surface area contributed by atoms with E-state index in [1.807, 2.05) is 18.2 Å². The summed E-state index contributed by atoms with van der Waals surface area (Å²) in [5, 5.41) is 9.66. The smallest absolute Gasteiger partial charge is 0.270 e. The van der Waals surface area contributed by atoms with Gasteiger partial charge in [-0.2, -0.15) is 5.26 Å². The molecule has 0 aromatic heterocycles. The number of para-hydroxylation sites is 1. The van der Waals surface area contributed by atoms with Gasteiger partial charge in [0.15, 0.2) is 0 Å². The molecule has 0 atom stereocenters. The Bertz CT molecular complexity index is 967. The fraction of sp³-hybridized carbons (Fsp3) is 0.333. The van der Waals surface area contributed by atoms with Gasteiger partial charge in [-0.05, 0) is 49.1 Å². The van der Waals surface area contributed by atoms with Gasteiger partial charge >= 0.3 is 0 Å². The fourth-order valence-corrected chi connectivity index (χ4v) is 4.14. The lowest BCUT2D eigenvalue weighted by atomic mass is 10.0. The SMILES string of the molecule is Cc1cccc(N2CCN(/C=C(/C#N)C(=O)N3CCCc4ccccc43)CC2)c1. The molecule has 4 rings (SSSR count). The molecule has 2 aromatic rings. The molecular formula is C24H26N4O. The minimum absolute atomic E-state index is 0.194. The Kier molecular flexibility index (Phi) is 5.53. The zero-order valence-electron chi connectivity index (χ0n) is 16.8. The van der Waals surface area contributed by atoms with E-state index in [1.54, 1.807) is 11.1 Å². The van der Waals surface area contributed by atoms with Gasteiger partial charge in [-0.1, -0.05) is 30.3 Å². The predicted molar refractivity (Wildman–Crippen MR) is 116 cm³/mol. The first-order valence-corrected chi connectivity index (χ1v) is 10.2. The number of hydrogen-bond donors (Lipinski definition) is 0. The maximum atomic E-state index is 13.1. The Balaban J connectivity index is 1.45. The van der Waals surface area contributed by atoms with E-state index in [4.69, 9.17) is 0 Å². The van der Waals surface area contributed by atoms with Crippen LogP contribution in [-0.4, -0.2) is 43.5 Å². The minimum Gasteiger partial charge on any atom is -0.373 e. The fourth-order valence-electron chi connectivity index (χ4n) is 4.14. The summed E-state index contributed by atoms with van der Waals surface area (Å²) < 4.78 is 0. The van der Waals surface area contributed by atoms with Crippen molar-refractivity contribution >= 4 is 17.3 Å². The van der Waals surface area contributed by atoms with E-state index in [0.717, 1.165) is 44.7 Å². The number of carbonyl (C=O) groups excluding carboxylic acids is 1. The van der Waals surface area contributed by atoms with Gasteiger partial charge in [-0.25, -0.2) is 0 Å². The number of carbonyl (C=O) groups is 1. The highest BCUT2D eigenvalue weighted by atomic mass is 16.2. The number of piperazine rings is 1. The van der Waals surface area contributed by atoms with E-state index < -0.39 is 0 Å². The van der Waals surface area contributed by atoms with Gasteiger partial charge in [0, 0.05) is 50.3 Å². The van der Waals surface area contributed by atoms with E-state index in [0.29, 0.717) is 6.54 Å². The second kappa shape index (κ2) is 8.40. The molecule has 5 nitrogen and oxygen atoms in total. The lowest BCUT2D eigenvalue weighted by Gasteiger charge is -2.36. The monoisotopic (exact) mass is 386 g/mol. The van der Waals surface area contributed by atoms with Crippen molar-refractivity contribution in [2.24, 2.45) is 0 Å². The van der Waals surface area contributed by atoms with Crippen LogP contribution in [-0.2, 0) is 11.2 Å². The highest BCUT2D eigenvalue weighted by Crippen LogP contribution is 2.28. The van der Waals surface area contributed by atoms with E-state index in [2.05, 4.69) is 53.1 Å². The van der Waals surface area contributed by atoms with Crippen LogP contribution in [0.5, 0.6) is 0 Å². The van der Waals surface area contributed by atoms with Gasteiger partial charge < -0.3 is 14.7 Å². The molecule has 29 heavy (non-hydrogen) atoms. The van der Waals surface area contributed by atoms with E-state index in [1.165, 1.54) is 16.8 Å². The first kappa shape index (κ1) is 19.1. The minimum atomic E-state index is -0.194. The van der Waals surface area contributed by atoms with Crippen molar-refractivity contribution in [3.05, 3.63) is 71.4 Å². The summed E-state index contributed by atoms with van der Waals surface area (Å²) >= 11 is 0. The summed E-state index contributed by atoms with van der Waals surface area (Å²) in [4.78, 5) is 19.3. The van der Waals surface area contributed by atoms with Crippen LogP contribution in [0, 0.1) is 18.3 Å². The number of anilines is 2. The van der Waals surface area contributed by atoms with Crippen LogP contribution in [0.25, 0.3) is 0 Å². The Labute approximate surface area is 172 Å². The van der Waals surface area contributed by atoms with Gasteiger partial charge in [0.2, 0.25) is 0 Å². The number of amides is 1. The van der Waals surface area contributed by atoms with Crippen LogP contribution in [0.1, 0.15) is 17.5 Å². The van der Waals surface area contributed by atoms with E-state index in [-0.39, 0.29) is 11.5 Å². The Morgan fingerprint density at radius 3 is 2.59 bits per heavy atom. The molecule has 0 aliphatic carbocycles. The van der Waals surface area contributed by atoms with Gasteiger partial charge in [0.1, 0.15) is 11.6 Å². The molecule has 5 heteroatoms. The zero-order valence-corrected chi connectivity index (χ0v) is 16.8. The third kappa shape index (κ3) is 4.12. The number of fused-ring (bicyclic) bond motifs is 1. The second-order valence-electron chi connectivity index (χ2n) is 7.71. The first-order chi connectivity index (χ1) is 14.2. The standard InChI is InChI=1S/C24H26N4O/c1-19-6-4-9-22(16-19)27-14-12-26(13-15-27)18-21(17-25)24(29)28-11-5-8-20-7-2-3-10-23(20)28/h2-4,6-7,9-10,16,18H,5,8,11-15H2,1H3/b21-18-. The molecule has 148 valence electrons. The molecule has 1 saturated heterocycles. The quantitative estimate of drug-likeness (QED) is 0.598. The highest BCUT2D eigenvalue weighted by Gasteiger charge is 2.26. The Morgan fingerprint density at radius 2 is 1.83 bits per heavy atom. The van der Waals surface area contributed by atoms with Gasteiger partial charge in [0.25, 0.3) is 5.91 Å². The lowest BCUT2D eigenvalue weighted by Crippen LogP contribution is -2.44. The molecular weight excluding hydrogens is 360 g/mol. The molecule has 2 aromatic carbocycles. The number of nitrogens with zero attached hydrogens (tertiary/aromatic N) is 4. The van der Waals surface area contributed by atoms with Crippen LogP contribution < -0.4 is 9.80 Å². The normalized spacial score (nSPS) is 17.0. The molecule has 0 N–H and O–H groups in total. The number of hydrogen-bond acceptors (Lipinski definition) is 4. The van der Waals surface area contributed by atoms with Crippen molar-refractivity contribution in [3.63, 3.8) is 0 Å². The van der Waals surface area contributed by atoms with Gasteiger partial charge in [-0.15, -0.1) is 0 Å².